The van der Waals surface area contributed by atoms with Crippen LogP contribution in [-0.4, -0.2) is 111 Å². The Bertz CT molecular complexity index is 2540. The molecule has 0 bridgehead atoms. The number of rotatable bonds is 8. The summed E-state index contributed by atoms with van der Waals surface area (Å²) in [7, 11) is 0. The van der Waals surface area contributed by atoms with E-state index in [9.17, 15) is 28.8 Å². The van der Waals surface area contributed by atoms with Crippen LogP contribution in [0.25, 0.3) is 11.1 Å². The molecule has 2 aromatic carbocycles. The van der Waals surface area contributed by atoms with Crippen LogP contribution in [0, 0.1) is 29.1 Å². The fraction of sp³-hybridized carbons (Fsp3) is 0.549. The van der Waals surface area contributed by atoms with Gasteiger partial charge in [0, 0.05) is 65.8 Å². The lowest BCUT2D eigenvalue weighted by atomic mass is 9.58. The molecule has 1 aromatic heterocycles. The lowest BCUT2D eigenvalue weighted by Gasteiger charge is -2.51. The van der Waals surface area contributed by atoms with Crippen LogP contribution in [-0.2, 0) is 25.6 Å². The molecule has 1 unspecified atom stereocenters. The Morgan fingerprint density at radius 3 is 2.34 bits per heavy atom. The number of aromatic nitrogens is 2. The summed E-state index contributed by atoms with van der Waals surface area (Å²) >= 11 is 0. The molecule has 6 amide bonds. The van der Waals surface area contributed by atoms with E-state index in [-0.39, 0.29) is 71.2 Å². The SMILES string of the molecule is C[C@H]1CCc2c(ccc(-c3cnn(C4CCN(C(=O)CN5CCC6(CC5)CC(C#Cc5ccc7c(c5)C(=O)N(C5CCC(=O)NC5=O)C7=O)C6)CC4)c3)c2OC2CCC2)N1C(=O)C1CC1. The van der Waals surface area contributed by atoms with Gasteiger partial charge in [0.25, 0.3) is 11.8 Å². The molecule has 6 fully saturated rings. The van der Waals surface area contributed by atoms with Crippen molar-refractivity contribution in [1.29, 1.82) is 0 Å². The normalized spacial score (nSPS) is 24.8. The number of hydrogen-bond donors (Lipinski definition) is 1. The summed E-state index contributed by atoms with van der Waals surface area (Å²) in [6.45, 7) is 5.82. The number of ether oxygens (including phenoxy) is 1. The molecular weight excluding hydrogens is 823 g/mol. The van der Waals surface area contributed by atoms with Crippen molar-refractivity contribution in [2.75, 3.05) is 37.6 Å². The van der Waals surface area contributed by atoms with E-state index >= 15 is 0 Å². The number of fused-ring (bicyclic) bond motifs is 2. The van der Waals surface area contributed by atoms with Crippen LogP contribution in [0.5, 0.6) is 5.75 Å². The largest absolute Gasteiger partial charge is 0.489 e. The predicted octanol–water partition coefficient (Wildman–Crippen LogP) is 5.67. The highest BCUT2D eigenvalue weighted by atomic mass is 16.5. The molecule has 5 aliphatic heterocycles. The van der Waals surface area contributed by atoms with E-state index in [2.05, 4.69) is 56.9 Å². The van der Waals surface area contributed by atoms with Gasteiger partial charge in [0.05, 0.1) is 41.7 Å². The van der Waals surface area contributed by atoms with Crippen LogP contribution < -0.4 is 15.0 Å². The minimum atomic E-state index is -0.992. The van der Waals surface area contributed by atoms with Gasteiger partial charge < -0.3 is 14.5 Å². The van der Waals surface area contributed by atoms with Gasteiger partial charge in [-0.05, 0) is 146 Å². The molecule has 14 heteroatoms. The summed E-state index contributed by atoms with van der Waals surface area (Å²) in [5.74, 6) is 6.35. The van der Waals surface area contributed by atoms with E-state index in [0.29, 0.717) is 25.2 Å². The Morgan fingerprint density at radius 2 is 1.62 bits per heavy atom. The first-order valence-electron chi connectivity index (χ1n) is 24.1. The number of carbonyl (C=O) groups is 6. The van der Waals surface area contributed by atoms with Crippen molar-refractivity contribution in [3.05, 3.63) is 65.0 Å². The Kier molecular flexibility index (Phi) is 10.7. The number of nitrogens with zero attached hydrogens (tertiary/aromatic N) is 6. The first-order valence-corrected chi connectivity index (χ1v) is 24.1. The second kappa shape index (κ2) is 16.6. The van der Waals surface area contributed by atoms with E-state index < -0.39 is 29.7 Å². The van der Waals surface area contributed by atoms with Gasteiger partial charge in [0.2, 0.25) is 23.6 Å². The van der Waals surface area contributed by atoms with Crippen molar-refractivity contribution >= 4 is 41.1 Å². The monoisotopic (exact) mass is 879 g/mol. The number of anilines is 1. The van der Waals surface area contributed by atoms with E-state index in [1.807, 2.05) is 11.1 Å². The maximum atomic E-state index is 13.6. The average molecular weight is 880 g/mol. The van der Waals surface area contributed by atoms with Gasteiger partial charge in [-0.3, -0.25) is 48.6 Å². The van der Waals surface area contributed by atoms with Crippen LogP contribution in [0.4, 0.5) is 5.69 Å². The molecule has 1 N–H and O–H groups in total. The highest BCUT2D eigenvalue weighted by molar-refractivity contribution is 6.23. The van der Waals surface area contributed by atoms with Gasteiger partial charge in [-0.2, -0.15) is 5.10 Å². The summed E-state index contributed by atoms with van der Waals surface area (Å²) in [6, 6.07) is 8.66. The van der Waals surface area contributed by atoms with Crippen molar-refractivity contribution in [1.82, 2.24) is 29.8 Å². The highest BCUT2D eigenvalue weighted by Gasteiger charge is 2.47. The van der Waals surface area contributed by atoms with E-state index in [4.69, 9.17) is 9.84 Å². The second-order valence-electron chi connectivity index (χ2n) is 20.2. The number of carbonyl (C=O) groups excluding carboxylic acids is 6. The number of piperidine rings is 3. The average Bonchev–Trinajstić information content (AvgIpc) is 3.97. The maximum absolute atomic E-state index is 13.6. The van der Waals surface area contributed by atoms with Gasteiger partial charge >= 0.3 is 0 Å². The fourth-order valence-electron chi connectivity index (χ4n) is 11.4. The Labute approximate surface area is 379 Å². The molecule has 1 spiro atoms. The number of imide groups is 2. The van der Waals surface area contributed by atoms with Crippen LogP contribution in [0.2, 0.25) is 0 Å². The quantitative estimate of drug-likeness (QED) is 0.223. The highest BCUT2D eigenvalue weighted by Crippen LogP contribution is 2.52. The predicted molar refractivity (Wildman–Crippen MR) is 240 cm³/mol. The lowest BCUT2D eigenvalue weighted by molar-refractivity contribution is -0.136. The van der Waals surface area contributed by atoms with Crippen molar-refractivity contribution in [2.45, 2.75) is 127 Å². The zero-order valence-electron chi connectivity index (χ0n) is 37.2. The van der Waals surface area contributed by atoms with Crippen LogP contribution in [0.15, 0.2) is 42.7 Å². The molecule has 3 aromatic rings. The number of amides is 6. The van der Waals surface area contributed by atoms with Gasteiger partial charge in [-0.1, -0.05) is 11.8 Å². The molecule has 3 saturated carbocycles. The molecule has 8 aliphatic rings. The Balaban J connectivity index is 0.657. The number of benzene rings is 2. The zero-order chi connectivity index (χ0) is 44.6. The number of nitrogens with one attached hydrogen (secondary N) is 1. The van der Waals surface area contributed by atoms with E-state index in [1.54, 1.807) is 18.2 Å². The van der Waals surface area contributed by atoms with E-state index in [1.165, 1.54) is 6.42 Å². The molecular formula is C51H57N7O7. The minimum Gasteiger partial charge on any atom is -0.489 e. The first kappa shape index (κ1) is 41.9. The van der Waals surface area contributed by atoms with Gasteiger partial charge in [0.1, 0.15) is 11.8 Å². The molecule has 3 saturated heterocycles. The Hall–Kier alpha value is -5.81. The van der Waals surface area contributed by atoms with Crippen LogP contribution in [0.1, 0.15) is 135 Å². The van der Waals surface area contributed by atoms with Crippen molar-refractivity contribution in [3.63, 3.8) is 0 Å². The number of hydrogen-bond acceptors (Lipinski definition) is 9. The Morgan fingerprint density at radius 1 is 0.862 bits per heavy atom. The molecule has 6 heterocycles. The number of likely N-dealkylation sites (tertiary alicyclic amines) is 2. The summed E-state index contributed by atoms with van der Waals surface area (Å²) in [5, 5.41) is 7.09. The third kappa shape index (κ3) is 7.83. The summed E-state index contributed by atoms with van der Waals surface area (Å²) in [6.07, 6.45) is 17.4. The zero-order valence-corrected chi connectivity index (χ0v) is 37.2. The fourth-order valence-corrected chi connectivity index (χ4v) is 11.4. The van der Waals surface area contributed by atoms with Crippen molar-refractivity contribution < 1.29 is 33.5 Å². The summed E-state index contributed by atoms with van der Waals surface area (Å²) in [5.41, 5.74) is 5.65. The van der Waals surface area contributed by atoms with Crippen molar-refractivity contribution in [2.24, 2.45) is 17.3 Å². The van der Waals surface area contributed by atoms with Crippen LogP contribution >= 0.6 is 0 Å². The molecule has 65 heavy (non-hydrogen) atoms. The molecule has 0 radical (unpaired) electrons. The van der Waals surface area contributed by atoms with Crippen molar-refractivity contribution in [3.8, 4) is 28.7 Å². The second-order valence-corrected chi connectivity index (χ2v) is 20.2. The lowest BCUT2D eigenvalue weighted by Crippen LogP contribution is -2.54. The molecule has 338 valence electrons. The van der Waals surface area contributed by atoms with E-state index in [0.717, 1.165) is 123 Å². The molecule has 11 rings (SSSR count). The third-order valence-corrected chi connectivity index (χ3v) is 15.8. The molecule has 2 atom stereocenters. The maximum Gasteiger partial charge on any atom is 0.262 e. The van der Waals surface area contributed by atoms with Gasteiger partial charge in [-0.15, -0.1) is 0 Å². The smallest absolute Gasteiger partial charge is 0.262 e. The molecule has 14 nitrogen and oxygen atoms in total. The minimum absolute atomic E-state index is 0.0795. The van der Waals surface area contributed by atoms with Gasteiger partial charge in [-0.25, -0.2) is 0 Å². The molecule has 3 aliphatic carbocycles. The summed E-state index contributed by atoms with van der Waals surface area (Å²) < 4.78 is 8.84. The third-order valence-electron chi connectivity index (χ3n) is 15.8. The standard InChI is InChI=1S/C51H57N7O7/c1-31-5-11-40-42(57(31)48(62)34-9-10-34)14-13-38(46(40)65-37-3-2-4-37)35-28-52-56(29-35)36-17-21-55(22-18-36)45(60)30-54-23-19-51(20-24-54)26-33(27-51)7-6-32-8-12-39-41(25-32)50(64)58(49(39)63)43-15-16-44(59)53-47(43)61/h8,12-14,25,28-29,31,33-34,36-37,43H,2-5,9-11,15-24,26-27,30H2,1H3,(H,53,59,61)/t31-,43?/m0/s1. The van der Waals surface area contributed by atoms with Crippen LogP contribution in [0.3, 0.4) is 0 Å². The van der Waals surface area contributed by atoms with Gasteiger partial charge in [0.15, 0.2) is 0 Å². The summed E-state index contributed by atoms with van der Waals surface area (Å²) in [4.78, 5) is 84.7. The first-order chi connectivity index (χ1) is 31.5. The topological polar surface area (TPSA) is 154 Å².